The van der Waals surface area contributed by atoms with Crippen molar-refractivity contribution >= 4 is 17.9 Å². The van der Waals surface area contributed by atoms with Crippen LogP contribution in [0.5, 0.6) is 5.75 Å². The predicted octanol–water partition coefficient (Wildman–Crippen LogP) is 3.22. The molecule has 1 aliphatic rings. The quantitative estimate of drug-likeness (QED) is 0.746. The van der Waals surface area contributed by atoms with Crippen LogP contribution in [0.15, 0.2) is 54.6 Å². The molecule has 2 aromatic carbocycles. The lowest BCUT2D eigenvalue weighted by Gasteiger charge is -2.34. The number of carbonyl (C=O) groups is 2. The highest BCUT2D eigenvalue weighted by Gasteiger charge is 2.24. The molecule has 0 radical (unpaired) electrons. The van der Waals surface area contributed by atoms with E-state index < -0.39 is 5.82 Å². The molecular weight excluding hydrogens is 359 g/mol. The summed E-state index contributed by atoms with van der Waals surface area (Å²) in [7, 11) is 0. The largest absolute Gasteiger partial charge is 0.494 e. The van der Waals surface area contributed by atoms with E-state index in [0.717, 1.165) is 11.3 Å². The highest BCUT2D eigenvalue weighted by Crippen LogP contribution is 2.14. The summed E-state index contributed by atoms with van der Waals surface area (Å²) in [6.45, 7) is 4.30. The molecule has 0 spiro atoms. The highest BCUT2D eigenvalue weighted by atomic mass is 19.1. The van der Waals surface area contributed by atoms with Crippen molar-refractivity contribution in [3.8, 4) is 5.75 Å². The van der Waals surface area contributed by atoms with E-state index in [-0.39, 0.29) is 11.8 Å². The molecule has 0 saturated carbocycles. The van der Waals surface area contributed by atoms with E-state index in [1.165, 1.54) is 18.2 Å². The zero-order chi connectivity index (χ0) is 19.9. The second-order valence-corrected chi connectivity index (χ2v) is 6.46. The van der Waals surface area contributed by atoms with Gasteiger partial charge in [0.05, 0.1) is 6.61 Å². The van der Waals surface area contributed by atoms with E-state index in [0.29, 0.717) is 38.3 Å². The molecule has 146 valence electrons. The maximum atomic E-state index is 13.3. The van der Waals surface area contributed by atoms with E-state index in [1.54, 1.807) is 28.0 Å². The predicted molar refractivity (Wildman–Crippen MR) is 106 cm³/mol. The first-order valence-corrected chi connectivity index (χ1v) is 9.31. The summed E-state index contributed by atoms with van der Waals surface area (Å²) in [6, 6.07) is 13.2. The van der Waals surface area contributed by atoms with Crippen LogP contribution < -0.4 is 4.74 Å². The van der Waals surface area contributed by atoms with Gasteiger partial charge in [0, 0.05) is 37.8 Å². The third-order valence-corrected chi connectivity index (χ3v) is 4.56. The van der Waals surface area contributed by atoms with Gasteiger partial charge in [0.1, 0.15) is 11.6 Å². The van der Waals surface area contributed by atoms with Crippen LogP contribution in [0.4, 0.5) is 4.39 Å². The molecule has 0 aliphatic carbocycles. The van der Waals surface area contributed by atoms with Gasteiger partial charge in [-0.1, -0.05) is 18.2 Å². The first-order valence-electron chi connectivity index (χ1n) is 9.31. The summed E-state index contributed by atoms with van der Waals surface area (Å²) >= 11 is 0. The van der Waals surface area contributed by atoms with Crippen LogP contribution >= 0.6 is 0 Å². The first kappa shape index (κ1) is 19.6. The number of ether oxygens (including phenoxy) is 1. The lowest BCUT2D eigenvalue weighted by atomic mass is 10.1. The maximum Gasteiger partial charge on any atom is 0.254 e. The third kappa shape index (κ3) is 4.97. The Balaban J connectivity index is 1.52. The number of halogens is 1. The van der Waals surface area contributed by atoms with E-state index in [4.69, 9.17) is 4.74 Å². The number of rotatable bonds is 5. The van der Waals surface area contributed by atoms with Crippen LogP contribution in [-0.4, -0.2) is 54.4 Å². The standard InChI is InChI=1S/C22H23FN2O3/c1-2-28-20-9-6-17(7-10-20)8-11-21(26)24-12-14-25(15-13-24)22(27)18-4-3-5-19(23)16-18/h3-11,16H,2,12-15H2,1H3/b11-8+. The Labute approximate surface area is 164 Å². The van der Waals surface area contributed by atoms with Gasteiger partial charge in [-0.15, -0.1) is 0 Å². The number of nitrogens with zero attached hydrogens (tertiary/aromatic N) is 2. The SMILES string of the molecule is CCOc1ccc(/C=C/C(=O)N2CCN(C(=O)c3cccc(F)c3)CC2)cc1. The number of benzene rings is 2. The molecule has 1 heterocycles. The Morgan fingerprint density at radius 1 is 1.04 bits per heavy atom. The summed E-state index contributed by atoms with van der Waals surface area (Å²) in [5, 5.41) is 0. The van der Waals surface area contributed by atoms with Gasteiger partial charge in [-0.2, -0.15) is 0 Å². The van der Waals surface area contributed by atoms with Crippen molar-refractivity contribution in [3.63, 3.8) is 0 Å². The lowest BCUT2D eigenvalue weighted by molar-refractivity contribution is -0.127. The summed E-state index contributed by atoms with van der Waals surface area (Å²) in [4.78, 5) is 28.2. The Kier molecular flexibility index (Phi) is 6.42. The molecule has 5 nitrogen and oxygen atoms in total. The number of piperazine rings is 1. The normalized spacial score (nSPS) is 14.4. The number of carbonyl (C=O) groups excluding carboxylic acids is 2. The van der Waals surface area contributed by atoms with Crippen molar-refractivity contribution in [2.75, 3.05) is 32.8 Å². The summed E-state index contributed by atoms with van der Waals surface area (Å²) in [6.07, 6.45) is 3.31. The monoisotopic (exact) mass is 382 g/mol. The zero-order valence-corrected chi connectivity index (χ0v) is 15.8. The highest BCUT2D eigenvalue weighted by molar-refractivity contribution is 5.95. The van der Waals surface area contributed by atoms with Gasteiger partial charge >= 0.3 is 0 Å². The molecule has 1 fully saturated rings. The number of hydrogen-bond donors (Lipinski definition) is 0. The van der Waals surface area contributed by atoms with Crippen molar-refractivity contribution in [3.05, 3.63) is 71.6 Å². The smallest absolute Gasteiger partial charge is 0.254 e. The molecular formula is C22H23FN2O3. The molecule has 1 saturated heterocycles. The van der Waals surface area contributed by atoms with E-state index >= 15 is 0 Å². The Morgan fingerprint density at radius 3 is 2.36 bits per heavy atom. The fourth-order valence-electron chi connectivity index (χ4n) is 3.05. The molecule has 0 aromatic heterocycles. The molecule has 2 aromatic rings. The Bertz CT molecular complexity index is 856. The number of amides is 2. The van der Waals surface area contributed by atoms with Gasteiger partial charge in [0.25, 0.3) is 5.91 Å². The second kappa shape index (κ2) is 9.17. The van der Waals surface area contributed by atoms with Crippen molar-refractivity contribution < 1.29 is 18.7 Å². The molecule has 0 bridgehead atoms. The van der Waals surface area contributed by atoms with Gasteiger partial charge < -0.3 is 14.5 Å². The van der Waals surface area contributed by atoms with Crippen LogP contribution in [-0.2, 0) is 4.79 Å². The number of hydrogen-bond acceptors (Lipinski definition) is 3. The van der Waals surface area contributed by atoms with Gasteiger partial charge in [0.15, 0.2) is 0 Å². The van der Waals surface area contributed by atoms with E-state index in [1.807, 2.05) is 31.2 Å². The maximum absolute atomic E-state index is 13.3. The molecule has 1 aliphatic heterocycles. The lowest BCUT2D eigenvalue weighted by Crippen LogP contribution is -2.50. The van der Waals surface area contributed by atoms with Crippen LogP contribution in [0.2, 0.25) is 0 Å². The molecule has 6 heteroatoms. The average Bonchev–Trinajstić information content (AvgIpc) is 2.73. The topological polar surface area (TPSA) is 49.9 Å². The van der Waals surface area contributed by atoms with Crippen molar-refractivity contribution in [2.45, 2.75) is 6.92 Å². The minimum atomic E-state index is -0.431. The van der Waals surface area contributed by atoms with Gasteiger partial charge in [-0.3, -0.25) is 9.59 Å². The molecule has 28 heavy (non-hydrogen) atoms. The third-order valence-electron chi connectivity index (χ3n) is 4.56. The molecule has 0 atom stereocenters. The zero-order valence-electron chi connectivity index (χ0n) is 15.8. The fraction of sp³-hybridized carbons (Fsp3) is 0.273. The summed E-state index contributed by atoms with van der Waals surface area (Å²) in [5.74, 6) is 0.0624. The molecule has 0 N–H and O–H groups in total. The minimum Gasteiger partial charge on any atom is -0.494 e. The van der Waals surface area contributed by atoms with Gasteiger partial charge in [-0.25, -0.2) is 4.39 Å². The average molecular weight is 382 g/mol. The Hall–Kier alpha value is -3.15. The van der Waals surface area contributed by atoms with Crippen LogP contribution in [0, 0.1) is 5.82 Å². The van der Waals surface area contributed by atoms with Crippen LogP contribution in [0.1, 0.15) is 22.8 Å². The second-order valence-electron chi connectivity index (χ2n) is 6.46. The fourth-order valence-corrected chi connectivity index (χ4v) is 3.05. The molecule has 0 unspecified atom stereocenters. The molecule has 3 rings (SSSR count). The van der Waals surface area contributed by atoms with Crippen LogP contribution in [0.25, 0.3) is 6.08 Å². The first-order chi connectivity index (χ1) is 13.6. The van der Waals surface area contributed by atoms with Crippen molar-refractivity contribution in [1.29, 1.82) is 0 Å². The molecule has 2 amide bonds. The van der Waals surface area contributed by atoms with Crippen LogP contribution in [0.3, 0.4) is 0 Å². The summed E-state index contributed by atoms with van der Waals surface area (Å²) < 4.78 is 18.7. The summed E-state index contributed by atoms with van der Waals surface area (Å²) in [5.41, 5.74) is 1.24. The van der Waals surface area contributed by atoms with E-state index in [9.17, 15) is 14.0 Å². The Morgan fingerprint density at radius 2 is 1.71 bits per heavy atom. The van der Waals surface area contributed by atoms with Gasteiger partial charge in [-0.05, 0) is 48.9 Å². The minimum absolute atomic E-state index is 0.0910. The van der Waals surface area contributed by atoms with E-state index in [2.05, 4.69) is 0 Å². The van der Waals surface area contributed by atoms with Gasteiger partial charge in [0.2, 0.25) is 5.91 Å². The van der Waals surface area contributed by atoms with Crippen molar-refractivity contribution in [2.24, 2.45) is 0 Å². The van der Waals surface area contributed by atoms with Crippen molar-refractivity contribution in [1.82, 2.24) is 9.80 Å².